The Kier molecular flexibility index (Phi) is 10.5. The molecule has 0 saturated carbocycles. The lowest BCUT2D eigenvalue weighted by atomic mass is 10.1. The summed E-state index contributed by atoms with van der Waals surface area (Å²) in [7, 11) is 2.04. The van der Waals surface area contributed by atoms with Crippen molar-refractivity contribution in [2.24, 2.45) is 12.0 Å². The maximum absolute atomic E-state index is 5.77. The highest BCUT2D eigenvalue weighted by Gasteiger charge is 2.22. The normalized spacial score (nSPS) is 15.9. The van der Waals surface area contributed by atoms with Crippen molar-refractivity contribution >= 4 is 29.9 Å². The molecular formula is C19H36IN5O. The summed E-state index contributed by atoms with van der Waals surface area (Å²) in [6, 6.07) is 0. The van der Waals surface area contributed by atoms with Gasteiger partial charge < -0.3 is 15.0 Å². The van der Waals surface area contributed by atoms with Gasteiger partial charge in [-0.2, -0.15) is 5.10 Å². The summed E-state index contributed by atoms with van der Waals surface area (Å²) in [5.74, 6) is 1.02. The molecule has 1 aliphatic heterocycles. The molecule has 6 nitrogen and oxygen atoms in total. The van der Waals surface area contributed by atoms with E-state index >= 15 is 0 Å². The van der Waals surface area contributed by atoms with Gasteiger partial charge in [-0.1, -0.05) is 13.8 Å². The van der Waals surface area contributed by atoms with Crippen LogP contribution in [-0.2, 0) is 31.2 Å². The Hall–Kier alpha value is -0.830. The molecule has 1 N–H and O–H groups in total. The first kappa shape index (κ1) is 23.2. The Morgan fingerprint density at radius 3 is 2.42 bits per heavy atom. The zero-order valence-corrected chi connectivity index (χ0v) is 19.4. The Balaban J connectivity index is 0.00000338. The number of likely N-dealkylation sites (tertiary alicyclic amines) is 1. The Morgan fingerprint density at radius 2 is 1.88 bits per heavy atom. The lowest BCUT2D eigenvalue weighted by Gasteiger charge is -2.34. The van der Waals surface area contributed by atoms with E-state index in [0.29, 0.717) is 12.6 Å². The van der Waals surface area contributed by atoms with Crippen molar-refractivity contribution in [2.45, 2.75) is 66.0 Å². The van der Waals surface area contributed by atoms with E-state index in [1.165, 1.54) is 17.0 Å². The van der Waals surface area contributed by atoms with Crippen molar-refractivity contribution in [2.75, 3.05) is 26.2 Å². The van der Waals surface area contributed by atoms with Gasteiger partial charge in [0.25, 0.3) is 0 Å². The molecular weight excluding hydrogens is 441 g/mol. The molecule has 1 fully saturated rings. The van der Waals surface area contributed by atoms with E-state index in [9.17, 15) is 0 Å². The highest BCUT2D eigenvalue weighted by molar-refractivity contribution is 14.0. The van der Waals surface area contributed by atoms with Crippen LogP contribution in [0.15, 0.2) is 4.99 Å². The number of hydrogen-bond donors (Lipinski definition) is 1. The molecule has 2 rings (SSSR count). The Labute approximate surface area is 175 Å². The van der Waals surface area contributed by atoms with Gasteiger partial charge in [0, 0.05) is 44.5 Å². The largest absolute Gasteiger partial charge is 0.378 e. The third-order valence-electron chi connectivity index (χ3n) is 4.89. The van der Waals surface area contributed by atoms with Crippen molar-refractivity contribution in [1.82, 2.24) is 20.0 Å². The van der Waals surface area contributed by atoms with E-state index in [1.54, 1.807) is 0 Å². The highest BCUT2D eigenvalue weighted by atomic mass is 127. The number of nitrogens with zero attached hydrogens (tertiary/aromatic N) is 4. The average molecular weight is 477 g/mol. The zero-order chi connectivity index (χ0) is 18.2. The summed E-state index contributed by atoms with van der Waals surface area (Å²) in [6.07, 6.45) is 4.50. The second-order valence-electron chi connectivity index (χ2n) is 6.51. The van der Waals surface area contributed by atoms with Gasteiger partial charge in [0.2, 0.25) is 0 Å². The molecule has 0 radical (unpaired) electrons. The second kappa shape index (κ2) is 11.8. The summed E-state index contributed by atoms with van der Waals surface area (Å²) in [4.78, 5) is 7.31. The van der Waals surface area contributed by atoms with Gasteiger partial charge in [0.05, 0.1) is 18.3 Å². The summed E-state index contributed by atoms with van der Waals surface area (Å²) in [5.41, 5.74) is 3.77. The third kappa shape index (κ3) is 5.84. The predicted octanol–water partition coefficient (Wildman–Crippen LogP) is 3.13. The predicted molar refractivity (Wildman–Crippen MR) is 118 cm³/mol. The maximum atomic E-state index is 5.77. The van der Waals surface area contributed by atoms with Crippen molar-refractivity contribution in [3.63, 3.8) is 0 Å². The average Bonchev–Trinajstić information content (AvgIpc) is 2.94. The molecule has 1 aromatic heterocycles. The molecule has 0 spiro atoms. The molecule has 1 aromatic rings. The monoisotopic (exact) mass is 477 g/mol. The van der Waals surface area contributed by atoms with E-state index < -0.39 is 0 Å². The van der Waals surface area contributed by atoms with Gasteiger partial charge in [-0.25, -0.2) is 4.99 Å². The van der Waals surface area contributed by atoms with Crippen LogP contribution in [0.1, 0.15) is 57.5 Å². The molecule has 2 heterocycles. The number of aromatic nitrogens is 2. The van der Waals surface area contributed by atoms with Crippen LogP contribution in [0, 0.1) is 0 Å². The van der Waals surface area contributed by atoms with Crippen LogP contribution in [-0.4, -0.2) is 53.0 Å². The van der Waals surface area contributed by atoms with Crippen LogP contribution in [0.4, 0.5) is 0 Å². The number of halogens is 1. The van der Waals surface area contributed by atoms with Crippen LogP contribution in [0.25, 0.3) is 0 Å². The Bertz CT molecular complexity index is 565. The minimum Gasteiger partial charge on any atom is -0.378 e. The lowest BCUT2D eigenvalue weighted by molar-refractivity contribution is 0.0263. The molecule has 7 heteroatoms. The van der Waals surface area contributed by atoms with Gasteiger partial charge in [0.15, 0.2) is 5.96 Å². The minimum absolute atomic E-state index is 0. The standard InChI is InChI=1S/C19H35N5O.HI/c1-6-17-16(18(7-2)23(5)22-17)14-21-19(20-8-3)24-12-10-15(11-13-24)25-9-4;/h15H,6-14H2,1-5H3,(H,20,21);1H. The minimum atomic E-state index is 0. The van der Waals surface area contributed by atoms with Gasteiger partial charge in [-0.15, -0.1) is 24.0 Å². The van der Waals surface area contributed by atoms with Crippen molar-refractivity contribution in [3.8, 4) is 0 Å². The van der Waals surface area contributed by atoms with Crippen LogP contribution in [0.2, 0.25) is 0 Å². The Morgan fingerprint density at radius 1 is 1.19 bits per heavy atom. The zero-order valence-electron chi connectivity index (χ0n) is 17.0. The molecule has 0 amide bonds. The summed E-state index contributed by atoms with van der Waals surface area (Å²) in [5, 5.41) is 8.12. The molecule has 1 saturated heterocycles. The first-order valence-electron chi connectivity index (χ1n) is 9.82. The van der Waals surface area contributed by atoms with Gasteiger partial charge in [0.1, 0.15) is 0 Å². The third-order valence-corrected chi connectivity index (χ3v) is 4.89. The maximum Gasteiger partial charge on any atom is 0.194 e. The fraction of sp³-hybridized carbons (Fsp3) is 0.789. The number of nitrogens with one attached hydrogen (secondary N) is 1. The number of aliphatic imine (C=N–C) groups is 1. The quantitative estimate of drug-likeness (QED) is 0.373. The molecule has 26 heavy (non-hydrogen) atoms. The van der Waals surface area contributed by atoms with E-state index in [4.69, 9.17) is 9.73 Å². The number of piperidine rings is 1. The smallest absolute Gasteiger partial charge is 0.194 e. The summed E-state index contributed by atoms with van der Waals surface area (Å²) >= 11 is 0. The number of guanidine groups is 1. The summed E-state index contributed by atoms with van der Waals surface area (Å²) in [6.45, 7) is 13.0. The van der Waals surface area contributed by atoms with Crippen LogP contribution >= 0.6 is 24.0 Å². The van der Waals surface area contributed by atoms with Gasteiger partial charge >= 0.3 is 0 Å². The molecule has 150 valence electrons. The number of hydrogen-bond acceptors (Lipinski definition) is 3. The fourth-order valence-electron chi connectivity index (χ4n) is 3.62. The van der Waals surface area contributed by atoms with Crippen LogP contribution in [0.3, 0.4) is 0 Å². The van der Waals surface area contributed by atoms with Crippen molar-refractivity contribution in [1.29, 1.82) is 0 Å². The second-order valence-corrected chi connectivity index (χ2v) is 6.51. The highest BCUT2D eigenvalue weighted by Crippen LogP contribution is 2.18. The van der Waals surface area contributed by atoms with Crippen LogP contribution < -0.4 is 5.32 Å². The van der Waals surface area contributed by atoms with E-state index in [-0.39, 0.29) is 24.0 Å². The number of ether oxygens (including phenoxy) is 1. The van der Waals surface area contributed by atoms with Crippen molar-refractivity contribution in [3.05, 3.63) is 17.0 Å². The van der Waals surface area contributed by atoms with E-state index in [2.05, 4.69) is 43.0 Å². The first-order valence-corrected chi connectivity index (χ1v) is 9.82. The SMILES string of the molecule is CCNC(=NCc1c(CC)nn(C)c1CC)N1CCC(OCC)CC1.I. The molecule has 0 aliphatic carbocycles. The van der Waals surface area contributed by atoms with Gasteiger partial charge in [-0.05, 0) is 39.5 Å². The molecule has 1 aliphatic rings. The fourth-order valence-corrected chi connectivity index (χ4v) is 3.62. The molecule has 0 aromatic carbocycles. The molecule has 0 bridgehead atoms. The summed E-state index contributed by atoms with van der Waals surface area (Å²) < 4.78 is 7.78. The van der Waals surface area contributed by atoms with E-state index in [0.717, 1.165) is 57.9 Å². The topological polar surface area (TPSA) is 54.7 Å². The number of rotatable bonds is 7. The van der Waals surface area contributed by atoms with E-state index in [1.807, 2.05) is 11.7 Å². The first-order chi connectivity index (χ1) is 12.1. The number of aryl methyl sites for hydroxylation is 2. The lowest BCUT2D eigenvalue weighted by Crippen LogP contribution is -2.47. The molecule has 0 atom stereocenters. The van der Waals surface area contributed by atoms with Crippen LogP contribution in [0.5, 0.6) is 0 Å². The molecule has 0 unspecified atom stereocenters. The van der Waals surface area contributed by atoms with Crippen molar-refractivity contribution < 1.29 is 4.74 Å². The van der Waals surface area contributed by atoms with Gasteiger partial charge in [-0.3, -0.25) is 4.68 Å².